The number of nitrogens with zero attached hydrogens (tertiary/aromatic N) is 1. The Morgan fingerprint density at radius 1 is 1.31 bits per heavy atom. The molecule has 0 aliphatic carbocycles. The summed E-state index contributed by atoms with van der Waals surface area (Å²) in [6.45, 7) is -0.100. The molecular formula is C8H7NO3S. The summed E-state index contributed by atoms with van der Waals surface area (Å²) in [6, 6.07) is 8.76. The van der Waals surface area contributed by atoms with Gasteiger partial charge in [0.15, 0.2) is 0 Å². The molecule has 0 aromatic heterocycles. The van der Waals surface area contributed by atoms with Crippen molar-refractivity contribution in [2.45, 2.75) is 6.61 Å². The van der Waals surface area contributed by atoms with Crippen molar-refractivity contribution < 1.29 is 12.6 Å². The van der Waals surface area contributed by atoms with Gasteiger partial charge in [-0.25, -0.2) is 0 Å². The minimum Gasteiger partial charge on any atom is -0.254 e. The first-order valence-electron chi connectivity index (χ1n) is 3.48. The Morgan fingerprint density at radius 2 is 1.92 bits per heavy atom. The Balaban J connectivity index is 2.60. The summed E-state index contributed by atoms with van der Waals surface area (Å²) in [6.07, 6.45) is 0. The molecule has 0 amide bonds. The number of nitriles is 1. The third-order valence-corrected chi connectivity index (χ3v) is 1.99. The SMILES string of the molecule is N#CS(=O)(=O)OCc1ccccc1. The molecule has 0 unspecified atom stereocenters. The Morgan fingerprint density at radius 3 is 2.46 bits per heavy atom. The highest BCUT2D eigenvalue weighted by atomic mass is 32.2. The summed E-state index contributed by atoms with van der Waals surface area (Å²) in [5.74, 6) is 0. The second kappa shape index (κ2) is 4.03. The summed E-state index contributed by atoms with van der Waals surface area (Å²) >= 11 is 0. The molecule has 13 heavy (non-hydrogen) atoms. The number of rotatable bonds is 3. The van der Waals surface area contributed by atoms with E-state index in [4.69, 9.17) is 5.26 Å². The van der Waals surface area contributed by atoms with E-state index in [1.54, 1.807) is 24.3 Å². The lowest BCUT2D eigenvalue weighted by Gasteiger charge is -1.98. The van der Waals surface area contributed by atoms with Crippen LogP contribution in [-0.2, 0) is 20.9 Å². The molecule has 0 atom stereocenters. The first kappa shape index (κ1) is 9.71. The Labute approximate surface area is 76.5 Å². The van der Waals surface area contributed by atoms with Gasteiger partial charge in [-0.2, -0.15) is 13.7 Å². The summed E-state index contributed by atoms with van der Waals surface area (Å²) in [4.78, 5) is 0. The second-order valence-electron chi connectivity index (χ2n) is 2.29. The summed E-state index contributed by atoms with van der Waals surface area (Å²) in [7, 11) is -4.01. The van der Waals surface area contributed by atoms with Crippen LogP contribution in [0, 0.1) is 10.7 Å². The van der Waals surface area contributed by atoms with Gasteiger partial charge in [-0.1, -0.05) is 30.3 Å². The summed E-state index contributed by atoms with van der Waals surface area (Å²) in [5.41, 5.74) is 0.710. The molecule has 68 valence electrons. The Hall–Kier alpha value is -1.38. The standard InChI is InChI=1S/C8H7NO3S/c9-7-13(10,11)12-6-8-4-2-1-3-5-8/h1-5H,6H2. The normalized spacial score (nSPS) is 10.7. The lowest BCUT2D eigenvalue weighted by Crippen LogP contribution is -2.01. The largest absolute Gasteiger partial charge is 0.363 e. The van der Waals surface area contributed by atoms with Crippen LogP contribution in [0.25, 0.3) is 0 Å². The van der Waals surface area contributed by atoms with Gasteiger partial charge < -0.3 is 0 Å². The van der Waals surface area contributed by atoms with Crippen LogP contribution < -0.4 is 0 Å². The van der Waals surface area contributed by atoms with Crippen LogP contribution in [0.3, 0.4) is 0 Å². The van der Waals surface area contributed by atoms with Crippen molar-refractivity contribution in [2.75, 3.05) is 0 Å². The molecule has 5 heteroatoms. The number of thiocyanates is 1. The van der Waals surface area contributed by atoms with Gasteiger partial charge in [-0.3, -0.25) is 4.18 Å². The van der Waals surface area contributed by atoms with Crippen LogP contribution in [0.2, 0.25) is 0 Å². The van der Waals surface area contributed by atoms with E-state index < -0.39 is 10.1 Å². The van der Waals surface area contributed by atoms with Gasteiger partial charge in [0, 0.05) is 0 Å². The molecule has 1 rings (SSSR count). The van der Waals surface area contributed by atoms with E-state index in [1.807, 2.05) is 6.07 Å². The van der Waals surface area contributed by atoms with E-state index in [1.165, 1.54) is 0 Å². The fraction of sp³-hybridized carbons (Fsp3) is 0.125. The van der Waals surface area contributed by atoms with Gasteiger partial charge in [0.25, 0.3) is 0 Å². The van der Waals surface area contributed by atoms with Crippen molar-refractivity contribution in [1.82, 2.24) is 0 Å². The summed E-state index contributed by atoms with van der Waals surface area (Å²) < 4.78 is 25.6. The third kappa shape index (κ3) is 3.23. The molecule has 0 fully saturated rings. The molecule has 0 bridgehead atoms. The predicted molar refractivity (Wildman–Crippen MR) is 45.8 cm³/mol. The fourth-order valence-electron chi connectivity index (χ4n) is 0.746. The molecular weight excluding hydrogens is 190 g/mol. The second-order valence-corrected chi connectivity index (χ2v) is 3.62. The van der Waals surface area contributed by atoms with Crippen LogP contribution >= 0.6 is 0 Å². The maximum atomic E-state index is 10.6. The van der Waals surface area contributed by atoms with Gasteiger partial charge in [-0.05, 0) is 5.56 Å². The number of hydrogen-bond acceptors (Lipinski definition) is 4. The zero-order valence-electron chi connectivity index (χ0n) is 6.67. The lowest BCUT2D eigenvalue weighted by atomic mass is 10.2. The van der Waals surface area contributed by atoms with Gasteiger partial charge in [-0.15, -0.1) is 0 Å². The predicted octanol–water partition coefficient (Wildman–Crippen LogP) is 1.01. The van der Waals surface area contributed by atoms with E-state index in [9.17, 15) is 8.42 Å². The molecule has 0 N–H and O–H groups in total. The fourth-order valence-corrected chi connectivity index (χ4v) is 1.09. The monoisotopic (exact) mass is 197 g/mol. The van der Waals surface area contributed by atoms with Crippen molar-refractivity contribution >= 4 is 10.1 Å². The maximum Gasteiger partial charge on any atom is 0.363 e. The van der Waals surface area contributed by atoms with Crippen molar-refractivity contribution in [1.29, 1.82) is 5.26 Å². The van der Waals surface area contributed by atoms with Crippen LogP contribution in [0.1, 0.15) is 5.56 Å². The van der Waals surface area contributed by atoms with Crippen molar-refractivity contribution in [3.05, 3.63) is 35.9 Å². The maximum absolute atomic E-state index is 10.6. The quantitative estimate of drug-likeness (QED) is 0.412. The van der Waals surface area contributed by atoms with Gasteiger partial charge in [0.2, 0.25) is 5.40 Å². The van der Waals surface area contributed by atoms with E-state index >= 15 is 0 Å². The highest BCUT2D eigenvalue weighted by Crippen LogP contribution is 2.03. The van der Waals surface area contributed by atoms with Crippen LogP contribution in [-0.4, -0.2) is 8.42 Å². The molecule has 0 spiro atoms. The van der Waals surface area contributed by atoms with Crippen molar-refractivity contribution in [3.63, 3.8) is 0 Å². The first-order chi connectivity index (χ1) is 6.14. The highest BCUT2D eigenvalue weighted by Gasteiger charge is 2.07. The lowest BCUT2D eigenvalue weighted by molar-refractivity contribution is 0.315. The Kier molecular flexibility index (Phi) is 3.01. The zero-order valence-corrected chi connectivity index (χ0v) is 7.49. The molecule has 0 radical (unpaired) electrons. The number of hydrogen-bond donors (Lipinski definition) is 0. The van der Waals surface area contributed by atoms with E-state index in [2.05, 4.69) is 4.18 Å². The molecule has 4 nitrogen and oxygen atoms in total. The molecule has 0 heterocycles. The van der Waals surface area contributed by atoms with Crippen LogP contribution in [0.15, 0.2) is 30.3 Å². The van der Waals surface area contributed by atoms with Crippen LogP contribution in [0.5, 0.6) is 0 Å². The van der Waals surface area contributed by atoms with Crippen molar-refractivity contribution in [3.8, 4) is 5.40 Å². The molecule has 0 saturated heterocycles. The first-order valence-corrected chi connectivity index (χ1v) is 4.89. The highest BCUT2D eigenvalue weighted by molar-refractivity contribution is 7.91. The Bertz CT molecular complexity index is 405. The van der Waals surface area contributed by atoms with Gasteiger partial charge in [0.1, 0.15) is 0 Å². The average Bonchev–Trinajstić information content (AvgIpc) is 2.17. The van der Waals surface area contributed by atoms with Gasteiger partial charge in [0.05, 0.1) is 6.61 Å². The minimum absolute atomic E-state index is 0.100. The minimum atomic E-state index is -4.01. The van der Waals surface area contributed by atoms with Crippen molar-refractivity contribution in [2.24, 2.45) is 0 Å². The molecule has 0 aliphatic rings. The molecule has 1 aromatic carbocycles. The third-order valence-electron chi connectivity index (χ3n) is 1.34. The van der Waals surface area contributed by atoms with E-state index in [0.29, 0.717) is 5.56 Å². The summed E-state index contributed by atoms with van der Waals surface area (Å²) in [5, 5.41) is 9.17. The van der Waals surface area contributed by atoms with E-state index in [0.717, 1.165) is 5.40 Å². The molecule has 1 aromatic rings. The zero-order chi connectivity index (χ0) is 9.73. The topological polar surface area (TPSA) is 67.2 Å². The average molecular weight is 197 g/mol. The van der Waals surface area contributed by atoms with Gasteiger partial charge >= 0.3 is 10.1 Å². The molecule has 0 aliphatic heterocycles. The molecule has 0 saturated carbocycles. The van der Waals surface area contributed by atoms with E-state index in [-0.39, 0.29) is 6.61 Å². The number of benzene rings is 1. The van der Waals surface area contributed by atoms with Crippen LogP contribution in [0.4, 0.5) is 0 Å². The smallest absolute Gasteiger partial charge is 0.254 e.